The van der Waals surface area contributed by atoms with Gasteiger partial charge in [0.15, 0.2) is 0 Å². The van der Waals surface area contributed by atoms with E-state index in [0.717, 1.165) is 0 Å². The fourth-order valence-corrected chi connectivity index (χ4v) is 2.01. The summed E-state index contributed by atoms with van der Waals surface area (Å²) in [6.45, 7) is 4.42. The normalized spacial score (nSPS) is 30.3. The van der Waals surface area contributed by atoms with Crippen molar-refractivity contribution in [2.24, 2.45) is 0 Å². The first kappa shape index (κ1) is 9.72. The van der Waals surface area contributed by atoms with Crippen LogP contribution in [0.1, 0.15) is 38.7 Å². The molecule has 2 rings (SSSR count). The van der Waals surface area contributed by atoms with Crippen molar-refractivity contribution in [3.8, 4) is 0 Å². The first-order valence-corrected chi connectivity index (χ1v) is 5.50. The monoisotopic (exact) mass is 190 g/mol. The van der Waals surface area contributed by atoms with Crippen molar-refractivity contribution >= 4 is 0 Å². The lowest BCUT2D eigenvalue weighted by atomic mass is 9.95. The SMILES string of the molecule is CCCC[C@@H]1O[C@]1(C)c1ccccc1. The van der Waals surface area contributed by atoms with E-state index in [0.29, 0.717) is 6.10 Å². The Morgan fingerprint density at radius 1 is 1.29 bits per heavy atom. The van der Waals surface area contributed by atoms with Crippen molar-refractivity contribution in [1.29, 1.82) is 0 Å². The minimum Gasteiger partial charge on any atom is -0.361 e. The van der Waals surface area contributed by atoms with Gasteiger partial charge in [-0.15, -0.1) is 0 Å². The van der Waals surface area contributed by atoms with Gasteiger partial charge in [0.05, 0.1) is 6.10 Å². The molecule has 0 aliphatic carbocycles. The van der Waals surface area contributed by atoms with Gasteiger partial charge in [-0.3, -0.25) is 0 Å². The molecule has 1 saturated heterocycles. The van der Waals surface area contributed by atoms with Crippen molar-refractivity contribution in [3.63, 3.8) is 0 Å². The quantitative estimate of drug-likeness (QED) is 0.662. The molecular weight excluding hydrogens is 172 g/mol. The Balaban J connectivity index is 2.00. The molecule has 0 unspecified atom stereocenters. The van der Waals surface area contributed by atoms with Crippen LogP contribution in [0.5, 0.6) is 0 Å². The number of rotatable bonds is 4. The average Bonchev–Trinajstić information content (AvgIpc) is 2.90. The summed E-state index contributed by atoms with van der Waals surface area (Å²) in [5.41, 5.74) is 1.33. The van der Waals surface area contributed by atoms with Gasteiger partial charge in [-0.25, -0.2) is 0 Å². The summed E-state index contributed by atoms with van der Waals surface area (Å²) in [6, 6.07) is 10.5. The molecule has 1 heterocycles. The molecule has 1 aromatic carbocycles. The summed E-state index contributed by atoms with van der Waals surface area (Å²) in [7, 11) is 0. The zero-order valence-corrected chi connectivity index (χ0v) is 8.99. The van der Waals surface area contributed by atoms with Gasteiger partial charge < -0.3 is 4.74 Å². The minimum atomic E-state index is 0.0103. The maximum absolute atomic E-state index is 5.79. The highest BCUT2D eigenvalue weighted by molar-refractivity contribution is 5.27. The maximum Gasteiger partial charge on any atom is 0.117 e. The predicted octanol–water partition coefficient (Wildman–Crippen LogP) is 3.49. The molecule has 0 N–H and O–H groups in total. The van der Waals surface area contributed by atoms with Crippen LogP contribution in [-0.2, 0) is 10.3 Å². The van der Waals surface area contributed by atoms with Crippen molar-refractivity contribution in [2.45, 2.75) is 44.8 Å². The summed E-state index contributed by atoms with van der Waals surface area (Å²) in [5, 5.41) is 0. The molecule has 1 nitrogen and oxygen atoms in total. The standard InChI is InChI=1S/C13H18O/c1-3-4-10-12-13(2,14-12)11-8-6-5-7-9-11/h5-9,12H,3-4,10H2,1-2H3/t12-,13+/m0/s1. The van der Waals surface area contributed by atoms with Crippen LogP contribution in [0.4, 0.5) is 0 Å². The fourth-order valence-electron chi connectivity index (χ4n) is 2.01. The van der Waals surface area contributed by atoms with E-state index >= 15 is 0 Å². The van der Waals surface area contributed by atoms with E-state index in [-0.39, 0.29) is 5.60 Å². The molecule has 0 amide bonds. The molecule has 14 heavy (non-hydrogen) atoms. The van der Waals surface area contributed by atoms with E-state index in [4.69, 9.17) is 4.74 Å². The summed E-state index contributed by atoms with van der Waals surface area (Å²) < 4.78 is 5.79. The molecule has 0 bridgehead atoms. The summed E-state index contributed by atoms with van der Waals surface area (Å²) in [6.07, 6.45) is 4.17. The zero-order valence-electron chi connectivity index (χ0n) is 8.99. The molecule has 0 aromatic heterocycles. The Kier molecular flexibility index (Phi) is 2.60. The average molecular weight is 190 g/mol. The van der Waals surface area contributed by atoms with E-state index < -0.39 is 0 Å². The third-order valence-corrected chi connectivity index (χ3v) is 3.11. The maximum atomic E-state index is 5.79. The Hall–Kier alpha value is -0.820. The van der Waals surface area contributed by atoms with Gasteiger partial charge in [0, 0.05) is 0 Å². The highest BCUT2D eigenvalue weighted by Gasteiger charge is 2.52. The molecule has 1 aromatic rings. The number of hydrogen-bond acceptors (Lipinski definition) is 1. The number of epoxide rings is 1. The van der Waals surface area contributed by atoms with Gasteiger partial charge in [0.1, 0.15) is 5.60 Å². The van der Waals surface area contributed by atoms with Gasteiger partial charge in [0.2, 0.25) is 0 Å². The van der Waals surface area contributed by atoms with Gasteiger partial charge in [-0.05, 0) is 18.9 Å². The topological polar surface area (TPSA) is 12.5 Å². The molecule has 0 spiro atoms. The Bertz CT molecular complexity index is 293. The Morgan fingerprint density at radius 3 is 2.64 bits per heavy atom. The van der Waals surface area contributed by atoms with E-state index in [9.17, 15) is 0 Å². The molecule has 1 aliphatic rings. The number of ether oxygens (including phenoxy) is 1. The van der Waals surface area contributed by atoms with Gasteiger partial charge in [-0.1, -0.05) is 50.1 Å². The molecule has 2 atom stereocenters. The van der Waals surface area contributed by atoms with Crippen LogP contribution >= 0.6 is 0 Å². The second-order valence-electron chi connectivity index (χ2n) is 4.22. The lowest BCUT2D eigenvalue weighted by molar-refractivity contribution is 0.308. The lowest BCUT2D eigenvalue weighted by Crippen LogP contribution is -2.07. The molecule has 1 heteroatoms. The smallest absolute Gasteiger partial charge is 0.117 e. The molecular formula is C13H18O. The van der Waals surface area contributed by atoms with Crippen LogP contribution in [0.15, 0.2) is 30.3 Å². The van der Waals surface area contributed by atoms with Crippen LogP contribution in [0.2, 0.25) is 0 Å². The molecule has 1 aliphatic heterocycles. The highest BCUT2D eigenvalue weighted by atomic mass is 16.6. The number of unbranched alkanes of at least 4 members (excludes halogenated alkanes) is 1. The van der Waals surface area contributed by atoms with Crippen LogP contribution in [0, 0.1) is 0 Å². The zero-order chi connectivity index (χ0) is 10.0. The van der Waals surface area contributed by atoms with E-state index in [1.165, 1.54) is 24.8 Å². The third kappa shape index (κ3) is 1.69. The molecule has 1 fully saturated rings. The van der Waals surface area contributed by atoms with Crippen molar-refractivity contribution in [2.75, 3.05) is 0 Å². The molecule has 76 valence electrons. The molecule has 0 radical (unpaired) electrons. The largest absolute Gasteiger partial charge is 0.361 e. The number of hydrogen-bond donors (Lipinski definition) is 0. The Morgan fingerprint density at radius 2 is 2.00 bits per heavy atom. The van der Waals surface area contributed by atoms with E-state index in [2.05, 4.69) is 44.2 Å². The fraction of sp³-hybridized carbons (Fsp3) is 0.538. The molecule has 0 saturated carbocycles. The first-order valence-electron chi connectivity index (χ1n) is 5.50. The Labute approximate surface area is 86.1 Å². The third-order valence-electron chi connectivity index (χ3n) is 3.11. The van der Waals surface area contributed by atoms with Crippen molar-refractivity contribution in [1.82, 2.24) is 0 Å². The summed E-state index contributed by atoms with van der Waals surface area (Å²) in [5.74, 6) is 0. The summed E-state index contributed by atoms with van der Waals surface area (Å²) >= 11 is 0. The predicted molar refractivity (Wildman–Crippen MR) is 58.2 cm³/mol. The number of benzene rings is 1. The second-order valence-corrected chi connectivity index (χ2v) is 4.22. The minimum absolute atomic E-state index is 0.0103. The van der Waals surface area contributed by atoms with Crippen LogP contribution in [-0.4, -0.2) is 6.10 Å². The van der Waals surface area contributed by atoms with E-state index in [1.54, 1.807) is 0 Å². The van der Waals surface area contributed by atoms with Crippen molar-refractivity contribution < 1.29 is 4.74 Å². The van der Waals surface area contributed by atoms with Crippen LogP contribution in [0.25, 0.3) is 0 Å². The first-order chi connectivity index (χ1) is 6.77. The lowest BCUT2D eigenvalue weighted by Gasteiger charge is -2.05. The second kappa shape index (κ2) is 3.74. The summed E-state index contributed by atoms with van der Waals surface area (Å²) in [4.78, 5) is 0. The van der Waals surface area contributed by atoms with Crippen molar-refractivity contribution in [3.05, 3.63) is 35.9 Å². The van der Waals surface area contributed by atoms with Crippen LogP contribution < -0.4 is 0 Å². The van der Waals surface area contributed by atoms with Gasteiger partial charge >= 0.3 is 0 Å². The van der Waals surface area contributed by atoms with Crippen LogP contribution in [0.3, 0.4) is 0 Å². The highest BCUT2D eigenvalue weighted by Crippen LogP contribution is 2.47. The van der Waals surface area contributed by atoms with Gasteiger partial charge in [-0.2, -0.15) is 0 Å². The van der Waals surface area contributed by atoms with Gasteiger partial charge in [0.25, 0.3) is 0 Å². The van der Waals surface area contributed by atoms with E-state index in [1.807, 2.05) is 0 Å².